The van der Waals surface area contributed by atoms with Crippen LogP contribution in [-0.4, -0.2) is 48.0 Å². The van der Waals surface area contributed by atoms with Gasteiger partial charge in [-0.05, 0) is 30.7 Å². The molecule has 1 aliphatic heterocycles. The van der Waals surface area contributed by atoms with E-state index in [1.807, 2.05) is 18.3 Å². The highest BCUT2D eigenvalue weighted by atomic mass is 35.5. The minimum Gasteiger partial charge on any atom is -0.365 e. The summed E-state index contributed by atoms with van der Waals surface area (Å²) in [5.74, 6) is 0.830. The molecule has 1 unspecified atom stereocenters. The molecule has 5 heterocycles. The van der Waals surface area contributed by atoms with Crippen molar-refractivity contribution in [2.24, 2.45) is 0 Å². The third kappa shape index (κ3) is 3.32. The molecule has 9 heteroatoms. The molecular weight excluding hydrogens is 378 g/mol. The molecule has 5 rings (SSSR count). The molecule has 142 valence electrons. The quantitative estimate of drug-likeness (QED) is 0.570. The lowest BCUT2D eigenvalue weighted by molar-refractivity contribution is 0.324. The van der Waals surface area contributed by atoms with Crippen LogP contribution < -0.4 is 10.9 Å². The highest BCUT2D eigenvalue weighted by Gasteiger charge is 2.23. The van der Waals surface area contributed by atoms with Crippen molar-refractivity contribution in [1.82, 2.24) is 28.9 Å². The third-order valence-corrected chi connectivity index (χ3v) is 5.17. The Morgan fingerprint density at radius 3 is 3.04 bits per heavy atom. The number of anilines is 1. The van der Waals surface area contributed by atoms with Crippen LogP contribution in [0.5, 0.6) is 0 Å². The number of rotatable bonds is 4. The predicted molar refractivity (Wildman–Crippen MR) is 107 cm³/mol. The van der Waals surface area contributed by atoms with Crippen molar-refractivity contribution in [3.8, 4) is 0 Å². The Labute approximate surface area is 165 Å². The van der Waals surface area contributed by atoms with E-state index in [-0.39, 0.29) is 5.56 Å². The van der Waals surface area contributed by atoms with Crippen LogP contribution in [0, 0.1) is 0 Å². The molecule has 0 bridgehead atoms. The van der Waals surface area contributed by atoms with Crippen LogP contribution in [0.15, 0.2) is 53.7 Å². The highest BCUT2D eigenvalue weighted by molar-refractivity contribution is 6.30. The van der Waals surface area contributed by atoms with E-state index in [2.05, 4.69) is 25.3 Å². The summed E-state index contributed by atoms with van der Waals surface area (Å²) in [6, 6.07) is 9.28. The summed E-state index contributed by atoms with van der Waals surface area (Å²) in [4.78, 5) is 23.4. The molecule has 0 spiro atoms. The number of hydrogen-bond acceptors (Lipinski definition) is 6. The molecule has 1 atom stereocenters. The molecule has 1 aliphatic rings. The number of nitrogens with zero attached hydrogens (tertiary/aromatic N) is 6. The zero-order valence-electron chi connectivity index (χ0n) is 15.0. The standard InChI is InChI=1S/C19H18ClN7O/c20-13-1-3-18-23-15(9-19(28)26(18)10-13)12-25-7-5-14(11-25)22-16-2-4-17-21-6-8-27(17)24-16/h1-4,6,8-10,14H,5,7,11-12H2,(H,22,24). The van der Waals surface area contributed by atoms with Gasteiger partial charge in [0.2, 0.25) is 0 Å². The Balaban J connectivity index is 1.28. The molecule has 1 saturated heterocycles. The maximum Gasteiger partial charge on any atom is 0.258 e. The summed E-state index contributed by atoms with van der Waals surface area (Å²) in [6.07, 6.45) is 6.16. The van der Waals surface area contributed by atoms with E-state index < -0.39 is 0 Å². The Morgan fingerprint density at radius 1 is 1.21 bits per heavy atom. The van der Waals surface area contributed by atoms with Crippen molar-refractivity contribution in [2.45, 2.75) is 19.0 Å². The van der Waals surface area contributed by atoms with Crippen LogP contribution in [0.4, 0.5) is 5.82 Å². The second-order valence-corrected chi connectivity index (χ2v) is 7.41. The summed E-state index contributed by atoms with van der Waals surface area (Å²) >= 11 is 5.96. The Bertz CT molecular complexity index is 1220. The smallest absolute Gasteiger partial charge is 0.258 e. The SMILES string of the molecule is O=c1cc(CN2CCC(Nc3ccc4nccn4n3)C2)nc2ccc(Cl)cn12. The van der Waals surface area contributed by atoms with Crippen LogP contribution in [0.25, 0.3) is 11.3 Å². The molecule has 0 amide bonds. The molecule has 0 saturated carbocycles. The zero-order chi connectivity index (χ0) is 19.1. The lowest BCUT2D eigenvalue weighted by Gasteiger charge is -2.17. The van der Waals surface area contributed by atoms with Gasteiger partial charge in [-0.25, -0.2) is 14.5 Å². The normalized spacial score (nSPS) is 17.5. The molecule has 4 aromatic heterocycles. The van der Waals surface area contributed by atoms with Gasteiger partial charge in [0.15, 0.2) is 5.65 Å². The molecule has 0 aromatic carbocycles. The average molecular weight is 396 g/mol. The van der Waals surface area contributed by atoms with Gasteiger partial charge in [-0.15, -0.1) is 5.10 Å². The van der Waals surface area contributed by atoms with Gasteiger partial charge in [0, 0.05) is 50.3 Å². The van der Waals surface area contributed by atoms with Crippen LogP contribution in [0.2, 0.25) is 5.02 Å². The summed E-state index contributed by atoms with van der Waals surface area (Å²) in [5, 5.41) is 8.52. The summed E-state index contributed by atoms with van der Waals surface area (Å²) in [7, 11) is 0. The van der Waals surface area contributed by atoms with Crippen molar-refractivity contribution in [2.75, 3.05) is 18.4 Å². The second-order valence-electron chi connectivity index (χ2n) is 6.97. The molecular formula is C19H18ClN7O. The van der Waals surface area contributed by atoms with Gasteiger partial charge >= 0.3 is 0 Å². The van der Waals surface area contributed by atoms with Crippen molar-refractivity contribution in [1.29, 1.82) is 0 Å². The first-order valence-electron chi connectivity index (χ1n) is 9.11. The predicted octanol–water partition coefficient (Wildman–Crippen LogP) is 2.08. The second kappa shape index (κ2) is 6.88. The van der Waals surface area contributed by atoms with Gasteiger partial charge in [0.1, 0.15) is 11.5 Å². The lowest BCUT2D eigenvalue weighted by atomic mass is 10.2. The van der Waals surface area contributed by atoms with Gasteiger partial charge in [0.05, 0.1) is 10.7 Å². The largest absolute Gasteiger partial charge is 0.365 e. The number of pyridine rings is 1. The minimum atomic E-state index is -0.116. The van der Waals surface area contributed by atoms with Crippen molar-refractivity contribution in [3.63, 3.8) is 0 Å². The minimum absolute atomic E-state index is 0.116. The van der Waals surface area contributed by atoms with Crippen LogP contribution in [-0.2, 0) is 6.54 Å². The topological polar surface area (TPSA) is 79.8 Å². The summed E-state index contributed by atoms with van der Waals surface area (Å²) < 4.78 is 3.23. The van der Waals surface area contributed by atoms with Gasteiger partial charge in [-0.2, -0.15) is 0 Å². The van der Waals surface area contributed by atoms with E-state index in [1.165, 1.54) is 4.40 Å². The fourth-order valence-electron chi connectivity index (χ4n) is 3.63. The monoisotopic (exact) mass is 395 g/mol. The number of hydrogen-bond donors (Lipinski definition) is 1. The molecule has 28 heavy (non-hydrogen) atoms. The molecule has 4 aromatic rings. The first kappa shape index (κ1) is 17.2. The van der Waals surface area contributed by atoms with E-state index >= 15 is 0 Å². The fraction of sp³-hybridized carbons (Fsp3) is 0.263. The first-order chi connectivity index (χ1) is 13.6. The van der Waals surface area contributed by atoms with Gasteiger partial charge in [0.25, 0.3) is 5.56 Å². The lowest BCUT2D eigenvalue weighted by Crippen LogP contribution is -2.27. The van der Waals surface area contributed by atoms with Crippen LogP contribution in [0.1, 0.15) is 12.1 Å². The number of aromatic nitrogens is 5. The molecule has 1 fully saturated rings. The molecule has 0 aliphatic carbocycles. The molecule has 0 radical (unpaired) electrons. The zero-order valence-corrected chi connectivity index (χ0v) is 15.8. The maximum atomic E-state index is 12.3. The van der Waals surface area contributed by atoms with Gasteiger partial charge in [-0.1, -0.05) is 11.6 Å². The Morgan fingerprint density at radius 2 is 2.11 bits per heavy atom. The summed E-state index contributed by atoms with van der Waals surface area (Å²) in [6.45, 7) is 2.44. The first-order valence-corrected chi connectivity index (χ1v) is 9.49. The maximum absolute atomic E-state index is 12.3. The Kier molecular flexibility index (Phi) is 4.22. The van der Waals surface area contributed by atoms with E-state index in [4.69, 9.17) is 11.6 Å². The Hall–Kier alpha value is -2.97. The van der Waals surface area contributed by atoms with E-state index in [9.17, 15) is 4.79 Å². The van der Waals surface area contributed by atoms with Crippen LogP contribution in [0.3, 0.4) is 0 Å². The van der Waals surface area contributed by atoms with Crippen LogP contribution >= 0.6 is 11.6 Å². The van der Waals surface area contributed by atoms with Crippen molar-refractivity contribution < 1.29 is 0 Å². The highest BCUT2D eigenvalue weighted by Crippen LogP contribution is 2.17. The van der Waals surface area contributed by atoms with E-state index in [1.54, 1.807) is 35.1 Å². The number of fused-ring (bicyclic) bond motifs is 2. The molecule has 8 nitrogen and oxygen atoms in total. The number of imidazole rings is 1. The van der Waals surface area contributed by atoms with Gasteiger partial charge in [-0.3, -0.25) is 14.1 Å². The summed E-state index contributed by atoms with van der Waals surface area (Å²) in [5.41, 5.74) is 2.09. The number of likely N-dealkylation sites (tertiary alicyclic amines) is 1. The third-order valence-electron chi connectivity index (χ3n) is 4.94. The van der Waals surface area contributed by atoms with E-state index in [0.717, 1.165) is 36.7 Å². The average Bonchev–Trinajstić information content (AvgIpc) is 3.31. The fourth-order valence-corrected chi connectivity index (χ4v) is 3.79. The number of nitrogens with one attached hydrogen (secondary N) is 1. The van der Waals surface area contributed by atoms with Crippen molar-refractivity contribution >= 4 is 28.7 Å². The van der Waals surface area contributed by atoms with Crippen molar-refractivity contribution in [3.05, 3.63) is 70.0 Å². The number of halogens is 1. The van der Waals surface area contributed by atoms with E-state index in [0.29, 0.717) is 23.3 Å². The van der Waals surface area contributed by atoms with Gasteiger partial charge < -0.3 is 5.32 Å². The molecule has 1 N–H and O–H groups in total.